The fourth-order valence-corrected chi connectivity index (χ4v) is 4.68. The molecule has 1 saturated carbocycles. The first-order chi connectivity index (χ1) is 14.7. The number of hydrogen-bond donors (Lipinski definition) is 1. The molecule has 1 amide bonds. The molecule has 0 saturated heterocycles. The molecule has 2 aliphatic rings. The molecule has 0 radical (unpaired) electrons. The van der Waals surface area contributed by atoms with Gasteiger partial charge in [0, 0.05) is 12.1 Å². The molecule has 5 rings (SSSR count). The number of nitrogens with zero attached hydrogens (tertiary/aromatic N) is 2. The molecule has 0 bridgehead atoms. The summed E-state index contributed by atoms with van der Waals surface area (Å²) in [4.78, 5) is 30.3. The molecule has 8 nitrogen and oxygen atoms in total. The normalized spacial score (nSPS) is 15.7. The fraction of sp³-hybridized carbons (Fsp3) is 0.381. The number of hydrogen-bond acceptors (Lipinski definition) is 7. The summed E-state index contributed by atoms with van der Waals surface area (Å²) in [5.74, 6) is 1.88. The Morgan fingerprint density at radius 2 is 2.03 bits per heavy atom. The maximum absolute atomic E-state index is 13.3. The molecule has 1 fully saturated rings. The minimum absolute atomic E-state index is 0.0449. The lowest BCUT2D eigenvalue weighted by Crippen LogP contribution is -2.34. The van der Waals surface area contributed by atoms with E-state index in [2.05, 4.69) is 10.3 Å². The molecule has 1 aliphatic heterocycles. The number of thioether (sulfide) groups is 1. The predicted octanol–water partition coefficient (Wildman–Crippen LogP) is 2.92. The van der Waals surface area contributed by atoms with E-state index in [1.54, 1.807) is 30.5 Å². The van der Waals surface area contributed by atoms with Gasteiger partial charge in [0.05, 0.1) is 29.5 Å². The number of rotatable bonds is 6. The molecule has 9 heteroatoms. The van der Waals surface area contributed by atoms with Crippen molar-refractivity contribution >= 4 is 28.6 Å². The van der Waals surface area contributed by atoms with E-state index in [1.165, 1.54) is 16.3 Å². The number of carbonyl (C=O) groups is 1. The number of aromatic nitrogens is 2. The topological polar surface area (TPSA) is 95.6 Å². The van der Waals surface area contributed by atoms with Crippen LogP contribution in [0.3, 0.4) is 0 Å². The third kappa shape index (κ3) is 3.77. The number of amides is 1. The Balaban J connectivity index is 1.47. The van der Waals surface area contributed by atoms with Gasteiger partial charge in [-0.3, -0.25) is 14.2 Å². The molecule has 2 aromatic heterocycles. The van der Waals surface area contributed by atoms with Crippen LogP contribution in [0.15, 0.2) is 44.9 Å². The van der Waals surface area contributed by atoms with Gasteiger partial charge in [0.25, 0.3) is 5.56 Å². The van der Waals surface area contributed by atoms with Crippen molar-refractivity contribution in [2.45, 2.75) is 43.4 Å². The average Bonchev–Trinajstić information content (AvgIpc) is 3.50. The molecule has 0 unspecified atom stereocenters. The Morgan fingerprint density at radius 3 is 2.80 bits per heavy atom. The van der Waals surface area contributed by atoms with Gasteiger partial charge in [0.15, 0.2) is 16.7 Å². The Hall–Kier alpha value is -2.94. The lowest BCUT2D eigenvalue weighted by atomic mass is 10.2. The summed E-state index contributed by atoms with van der Waals surface area (Å²) in [7, 11) is 0. The first-order valence-electron chi connectivity index (χ1n) is 9.96. The van der Waals surface area contributed by atoms with Crippen LogP contribution in [0.5, 0.6) is 11.5 Å². The summed E-state index contributed by atoms with van der Waals surface area (Å²) in [5, 5.41) is 3.97. The molecule has 3 aromatic rings. The van der Waals surface area contributed by atoms with Crippen LogP contribution in [-0.2, 0) is 11.3 Å². The quantitative estimate of drug-likeness (QED) is 0.477. The maximum atomic E-state index is 13.3. The van der Waals surface area contributed by atoms with E-state index >= 15 is 0 Å². The van der Waals surface area contributed by atoms with Gasteiger partial charge in [-0.1, -0.05) is 24.6 Å². The molecule has 1 aromatic carbocycles. The van der Waals surface area contributed by atoms with E-state index in [0.717, 1.165) is 25.7 Å². The molecule has 3 heterocycles. The zero-order valence-electron chi connectivity index (χ0n) is 16.3. The van der Waals surface area contributed by atoms with Crippen LogP contribution in [0.2, 0.25) is 0 Å². The third-order valence-corrected chi connectivity index (χ3v) is 6.34. The van der Waals surface area contributed by atoms with Crippen LogP contribution in [0.4, 0.5) is 0 Å². The first kappa shape index (κ1) is 19.0. The highest BCUT2D eigenvalue weighted by atomic mass is 32.2. The van der Waals surface area contributed by atoms with Gasteiger partial charge in [-0.05, 0) is 31.0 Å². The van der Waals surface area contributed by atoms with E-state index in [1.807, 2.05) is 0 Å². The monoisotopic (exact) mass is 427 g/mol. The summed E-state index contributed by atoms with van der Waals surface area (Å²) < 4.78 is 17.8. The van der Waals surface area contributed by atoms with Gasteiger partial charge in [-0.2, -0.15) is 0 Å². The molecular weight excluding hydrogens is 406 g/mol. The molecule has 1 aliphatic carbocycles. The highest BCUT2D eigenvalue weighted by Gasteiger charge is 2.21. The molecule has 0 spiro atoms. The summed E-state index contributed by atoms with van der Waals surface area (Å²) in [6, 6.07) is 7.20. The van der Waals surface area contributed by atoms with Crippen molar-refractivity contribution in [3.8, 4) is 11.5 Å². The highest BCUT2D eigenvalue weighted by Crippen LogP contribution is 2.35. The van der Waals surface area contributed by atoms with Crippen molar-refractivity contribution in [2.24, 2.45) is 0 Å². The number of nitrogens with one attached hydrogen (secondary N) is 1. The first-order valence-corrected chi connectivity index (χ1v) is 10.9. The number of fused-ring (bicyclic) bond motifs is 2. The van der Waals surface area contributed by atoms with E-state index in [9.17, 15) is 9.59 Å². The van der Waals surface area contributed by atoms with Crippen LogP contribution >= 0.6 is 11.8 Å². The van der Waals surface area contributed by atoms with Gasteiger partial charge in [0.2, 0.25) is 12.7 Å². The van der Waals surface area contributed by atoms with Crippen molar-refractivity contribution in [2.75, 3.05) is 12.5 Å². The Morgan fingerprint density at radius 1 is 1.23 bits per heavy atom. The van der Waals surface area contributed by atoms with Crippen LogP contribution in [0, 0.1) is 0 Å². The van der Waals surface area contributed by atoms with Crippen molar-refractivity contribution in [3.63, 3.8) is 0 Å². The van der Waals surface area contributed by atoms with Gasteiger partial charge >= 0.3 is 0 Å². The summed E-state index contributed by atoms with van der Waals surface area (Å²) in [5.41, 5.74) is 0.298. The van der Waals surface area contributed by atoms with Crippen LogP contribution in [0.1, 0.15) is 31.4 Å². The third-order valence-electron chi connectivity index (χ3n) is 5.36. The number of furan rings is 1. The Kier molecular flexibility index (Phi) is 5.12. The molecule has 1 N–H and O–H groups in total. The van der Waals surface area contributed by atoms with Crippen LogP contribution < -0.4 is 20.3 Å². The van der Waals surface area contributed by atoms with Crippen molar-refractivity contribution in [1.82, 2.24) is 14.9 Å². The van der Waals surface area contributed by atoms with Crippen molar-refractivity contribution in [3.05, 3.63) is 46.6 Å². The lowest BCUT2D eigenvalue weighted by Gasteiger charge is -2.14. The van der Waals surface area contributed by atoms with E-state index in [4.69, 9.17) is 13.9 Å². The van der Waals surface area contributed by atoms with Gasteiger partial charge in [-0.25, -0.2) is 4.98 Å². The number of ether oxygens (including phenoxy) is 2. The minimum atomic E-state index is -0.214. The second kappa shape index (κ2) is 8.06. The van der Waals surface area contributed by atoms with Crippen molar-refractivity contribution in [1.29, 1.82) is 0 Å². The molecular formula is C21H21N3O5S. The minimum Gasteiger partial charge on any atom is -0.467 e. The SMILES string of the molecule is O=C(CSc1nc2cc3c(cc2c(=O)n1Cc1ccco1)OCO3)NC1CCCC1. The van der Waals surface area contributed by atoms with Crippen LogP contribution in [-0.4, -0.2) is 34.0 Å². The second-order valence-electron chi connectivity index (χ2n) is 7.43. The number of carbonyl (C=O) groups excluding carboxylic acids is 1. The van der Waals surface area contributed by atoms with E-state index in [0.29, 0.717) is 33.3 Å². The molecule has 0 atom stereocenters. The fourth-order valence-electron chi connectivity index (χ4n) is 3.87. The Bertz CT molecular complexity index is 1140. The predicted molar refractivity (Wildman–Crippen MR) is 111 cm³/mol. The van der Waals surface area contributed by atoms with Crippen LogP contribution in [0.25, 0.3) is 10.9 Å². The summed E-state index contributed by atoms with van der Waals surface area (Å²) >= 11 is 1.25. The standard InChI is InChI=1S/C21H21N3O5S/c25-19(22-13-4-1-2-5-13)11-30-21-23-16-9-18-17(28-12-29-18)8-15(16)20(26)24(21)10-14-6-3-7-27-14/h3,6-9,13H,1-2,4-5,10-12H2,(H,22,25). The molecule has 30 heavy (non-hydrogen) atoms. The van der Waals surface area contributed by atoms with Gasteiger partial charge in [0.1, 0.15) is 5.76 Å². The van der Waals surface area contributed by atoms with E-state index in [-0.39, 0.29) is 36.6 Å². The zero-order chi connectivity index (χ0) is 20.5. The second-order valence-corrected chi connectivity index (χ2v) is 8.37. The van der Waals surface area contributed by atoms with E-state index < -0.39 is 0 Å². The summed E-state index contributed by atoms with van der Waals surface area (Å²) in [6.45, 7) is 0.352. The number of benzene rings is 1. The summed E-state index contributed by atoms with van der Waals surface area (Å²) in [6.07, 6.45) is 5.93. The van der Waals surface area contributed by atoms with Gasteiger partial charge < -0.3 is 19.2 Å². The zero-order valence-corrected chi connectivity index (χ0v) is 17.1. The van der Waals surface area contributed by atoms with Gasteiger partial charge in [-0.15, -0.1) is 0 Å². The largest absolute Gasteiger partial charge is 0.467 e. The lowest BCUT2D eigenvalue weighted by molar-refractivity contribution is -0.119. The molecule has 156 valence electrons. The van der Waals surface area contributed by atoms with Crippen molar-refractivity contribution < 1.29 is 18.7 Å². The average molecular weight is 427 g/mol. The smallest absolute Gasteiger partial charge is 0.262 e. The Labute approximate surface area is 176 Å². The maximum Gasteiger partial charge on any atom is 0.262 e. The highest BCUT2D eigenvalue weighted by molar-refractivity contribution is 7.99.